The van der Waals surface area contributed by atoms with Crippen LogP contribution in [0.15, 0.2) is 48.5 Å². The van der Waals surface area contributed by atoms with E-state index in [-0.39, 0.29) is 18.4 Å². The minimum Gasteiger partial charge on any atom is -0.378 e. The van der Waals surface area contributed by atoms with Crippen LogP contribution in [0.5, 0.6) is 0 Å². The number of methoxy groups -OCH3 is 1. The van der Waals surface area contributed by atoms with Gasteiger partial charge in [0.1, 0.15) is 6.61 Å². The van der Waals surface area contributed by atoms with Crippen molar-refractivity contribution >= 4 is 17.5 Å². The lowest BCUT2D eigenvalue weighted by molar-refractivity contribution is -0.134. The van der Waals surface area contributed by atoms with Crippen molar-refractivity contribution in [1.82, 2.24) is 4.90 Å². The van der Waals surface area contributed by atoms with Crippen LogP contribution < -0.4 is 4.90 Å². The maximum Gasteiger partial charge on any atom is 0.253 e. The number of hydrogen-bond donors (Lipinski definition) is 0. The minimum absolute atomic E-state index is 0.00278. The molecule has 6 heteroatoms. The number of hydrogen-bond acceptors (Lipinski definition) is 4. The molecule has 0 atom stereocenters. The Kier molecular flexibility index (Phi) is 7.38. The Morgan fingerprint density at radius 2 is 1.79 bits per heavy atom. The summed E-state index contributed by atoms with van der Waals surface area (Å²) in [6, 6.07) is 15.7. The number of aryl methyl sites for hydroxylation is 1. The second kappa shape index (κ2) is 10.2. The molecule has 1 heterocycles. The third kappa shape index (κ3) is 5.89. The van der Waals surface area contributed by atoms with Crippen molar-refractivity contribution in [1.29, 1.82) is 0 Å². The summed E-state index contributed by atoms with van der Waals surface area (Å²) in [7, 11) is 1.51. The highest BCUT2D eigenvalue weighted by Gasteiger charge is 2.19. The van der Waals surface area contributed by atoms with Gasteiger partial charge in [-0.1, -0.05) is 42.0 Å². The van der Waals surface area contributed by atoms with E-state index < -0.39 is 0 Å². The van der Waals surface area contributed by atoms with E-state index >= 15 is 0 Å². The highest BCUT2D eigenvalue weighted by Crippen LogP contribution is 2.21. The molecule has 2 amide bonds. The molecule has 1 fully saturated rings. The van der Waals surface area contributed by atoms with Crippen molar-refractivity contribution in [3.8, 4) is 0 Å². The third-order valence-electron chi connectivity index (χ3n) is 4.97. The number of carbonyl (C=O) groups excluding carboxylic acids is 2. The van der Waals surface area contributed by atoms with Crippen LogP contribution in [0.1, 0.15) is 16.7 Å². The molecule has 6 nitrogen and oxygen atoms in total. The lowest BCUT2D eigenvalue weighted by atomic mass is 10.1. The second-order valence-corrected chi connectivity index (χ2v) is 7.24. The lowest BCUT2D eigenvalue weighted by Gasteiger charge is -2.27. The zero-order valence-corrected chi connectivity index (χ0v) is 17.1. The fourth-order valence-electron chi connectivity index (χ4n) is 3.33. The number of benzene rings is 2. The van der Waals surface area contributed by atoms with Gasteiger partial charge in [-0.3, -0.25) is 9.59 Å². The number of rotatable bonds is 7. The molecule has 1 aliphatic rings. The first-order valence-electron chi connectivity index (χ1n) is 9.86. The Morgan fingerprint density at radius 1 is 1.07 bits per heavy atom. The topological polar surface area (TPSA) is 59.1 Å². The highest BCUT2D eigenvalue weighted by atomic mass is 16.5. The largest absolute Gasteiger partial charge is 0.378 e. The van der Waals surface area contributed by atoms with Crippen molar-refractivity contribution in [2.45, 2.75) is 19.9 Å². The van der Waals surface area contributed by atoms with Crippen LogP contribution in [0.25, 0.3) is 0 Å². The molecule has 1 aliphatic heterocycles. The van der Waals surface area contributed by atoms with E-state index in [4.69, 9.17) is 9.47 Å². The summed E-state index contributed by atoms with van der Waals surface area (Å²) in [4.78, 5) is 28.8. The lowest BCUT2D eigenvalue weighted by Crippen LogP contribution is -2.41. The van der Waals surface area contributed by atoms with Gasteiger partial charge in [0.2, 0.25) is 5.91 Å². The van der Waals surface area contributed by atoms with Crippen molar-refractivity contribution in [2.24, 2.45) is 0 Å². The van der Waals surface area contributed by atoms with Gasteiger partial charge in [-0.05, 0) is 30.2 Å². The Balaban J connectivity index is 1.77. The van der Waals surface area contributed by atoms with Gasteiger partial charge in [0.05, 0.1) is 26.2 Å². The Hall–Kier alpha value is -2.70. The first-order chi connectivity index (χ1) is 14.1. The number of anilines is 1. The van der Waals surface area contributed by atoms with Gasteiger partial charge in [-0.25, -0.2) is 0 Å². The normalized spacial score (nSPS) is 13.9. The fraction of sp³-hybridized carbons (Fsp3) is 0.391. The van der Waals surface area contributed by atoms with E-state index in [2.05, 4.69) is 0 Å². The zero-order chi connectivity index (χ0) is 20.6. The van der Waals surface area contributed by atoms with Crippen molar-refractivity contribution < 1.29 is 19.1 Å². The van der Waals surface area contributed by atoms with Crippen LogP contribution >= 0.6 is 0 Å². The van der Waals surface area contributed by atoms with Crippen molar-refractivity contribution in [3.05, 3.63) is 65.2 Å². The maximum atomic E-state index is 12.7. The molecule has 0 aliphatic carbocycles. The van der Waals surface area contributed by atoms with Crippen LogP contribution in [-0.2, 0) is 32.0 Å². The molecule has 2 aromatic rings. The van der Waals surface area contributed by atoms with Gasteiger partial charge in [0, 0.05) is 25.9 Å². The molecular formula is C23H28N2O4. The standard InChI is InChI=1S/C23H28N2O4/c1-18-6-8-19(9-7-18)16-25(23(27)17-28-2)21-5-3-4-20(14-21)15-22(26)24-10-12-29-13-11-24/h3-9,14H,10-13,15-17H2,1-2H3. The molecule has 29 heavy (non-hydrogen) atoms. The molecule has 0 radical (unpaired) electrons. The zero-order valence-electron chi connectivity index (χ0n) is 17.1. The Morgan fingerprint density at radius 3 is 2.48 bits per heavy atom. The van der Waals surface area contributed by atoms with Crippen molar-refractivity contribution in [2.75, 3.05) is 44.9 Å². The van der Waals surface area contributed by atoms with Crippen LogP contribution in [0.4, 0.5) is 5.69 Å². The summed E-state index contributed by atoms with van der Waals surface area (Å²) in [6.45, 7) is 4.91. The molecule has 0 saturated carbocycles. The predicted octanol–water partition coefficient (Wildman–Crippen LogP) is 2.58. The number of carbonyl (C=O) groups is 2. The first kappa shape index (κ1) is 21.0. The highest BCUT2D eigenvalue weighted by molar-refractivity contribution is 5.94. The summed E-state index contributed by atoms with van der Waals surface area (Å²) in [5.41, 5.74) is 3.86. The van der Waals surface area contributed by atoms with Gasteiger partial charge in [0.25, 0.3) is 5.91 Å². The monoisotopic (exact) mass is 396 g/mol. The van der Waals surface area contributed by atoms with E-state index in [0.717, 1.165) is 16.8 Å². The number of nitrogens with zero attached hydrogens (tertiary/aromatic N) is 2. The van der Waals surface area contributed by atoms with E-state index in [1.165, 1.54) is 12.7 Å². The summed E-state index contributed by atoms with van der Waals surface area (Å²) < 4.78 is 10.4. The van der Waals surface area contributed by atoms with Crippen LogP contribution in [0.2, 0.25) is 0 Å². The van der Waals surface area contributed by atoms with Gasteiger partial charge >= 0.3 is 0 Å². The summed E-state index contributed by atoms with van der Waals surface area (Å²) in [6.07, 6.45) is 0.310. The van der Waals surface area contributed by atoms with E-state index in [9.17, 15) is 9.59 Å². The van der Waals surface area contributed by atoms with Gasteiger partial charge < -0.3 is 19.3 Å². The molecule has 2 aromatic carbocycles. The average Bonchev–Trinajstić information content (AvgIpc) is 2.74. The van der Waals surface area contributed by atoms with Crippen LogP contribution in [0.3, 0.4) is 0 Å². The van der Waals surface area contributed by atoms with E-state index in [1.807, 2.05) is 60.4 Å². The molecule has 154 valence electrons. The summed E-state index contributed by atoms with van der Waals surface area (Å²) >= 11 is 0. The number of amides is 2. The van der Waals surface area contributed by atoms with Gasteiger partial charge in [-0.2, -0.15) is 0 Å². The first-order valence-corrected chi connectivity index (χ1v) is 9.86. The molecular weight excluding hydrogens is 368 g/mol. The molecule has 0 aromatic heterocycles. The molecule has 0 spiro atoms. The quantitative estimate of drug-likeness (QED) is 0.722. The van der Waals surface area contributed by atoms with Crippen LogP contribution in [-0.4, -0.2) is 56.7 Å². The van der Waals surface area contributed by atoms with E-state index in [1.54, 1.807) is 4.90 Å². The Bertz CT molecular complexity index is 829. The predicted molar refractivity (Wildman–Crippen MR) is 112 cm³/mol. The molecule has 1 saturated heterocycles. The van der Waals surface area contributed by atoms with Crippen LogP contribution in [0, 0.1) is 6.92 Å². The number of ether oxygens (including phenoxy) is 2. The average molecular weight is 396 g/mol. The summed E-state index contributed by atoms with van der Waals surface area (Å²) in [5.74, 6) is -0.0384. The van der Waals surface area contributed by atoms with Gasteiger partial charge in [-0.15, -0.1) is 0 Å². The fourth-order valence-corrected chi connectivity index (χ4v) is 3.33. The molecule has 0 unspecified atom stereocenters. The minimum atomic E-state index is -0.121. The smallest absolute Gasteiger partial charge is 0.253 e. The molecule has 0 bridgehead atoms. The molecule has 3 rings (SSSR count). The molecule has 0 N–H and O–H groups in total. The SMILES string of the molecule is COCC(=O)N(Cc1ccc(C)cc1)c1cccc(CC(=O)N2CCOCC2)c1. The summed E-state index contributed by atoms with van der Waals surface area (Å²) in [5, 5.41) is 0. The van der Waals surface area contributed by atoms with E-state index in [0.29, 0.717) is 39.3 Å². The number of morpholine rings is 1. The maximum absolute atomic E-state index is 12.7. The van der Waals surface area contributed by atoms with Crippen molar-refractivity contribution in [3.63, 3.8) is 0 Å². The third-order valence-corrected chi connectivity index (χ3v) is 4.97. The Labute approximate surface area is 172 Å². The second-order valence-electron chi connectivity index (χ2n) is 7.24. The van der Waals surface area contributed by atoms with Gasteiger partial charge in [0.15, 0.2) is 0 Å².